The van der Waals surface area contributed by atoms with Gasteiger partial charge in [0.2, 0.25) is 0 Å². The van der Waals surface area contributed by atoms with Crippen molar-refractivity contribution in [3.8, 4) is 11.5 Å². The zero-order valence-corrected chi connectivity index (χ0v) is 15.3. The third-order valence-electron chi connectivity index (χ3n) is 4.03. The van der Waals surface area contributed by atoms with Gasteiger partial charge in [-0.3, -0.25) is 4.79 Å². The number of ketones is 1. The van der Waals surface area contributed by atoms with Crippen molar-refractivity contribution in [3.63, 3.8) is 0 Å². The Bertz CT molecular complexity index is 952. The van der Waals surface area contributed by atoms with Crippen LogP contribution < -0.4 is 9.47 Å². The van der Waals surface area contributed by atoms with Gasteiger partial charge in [-0.05, 0) is 48.5 Å². The number of hydrogen-bond acceptors (Lipinski definition) is 5. The maximum Gasteiger partial charge on any atom is 0.197 e. The lowest BCUT2D eigenvalue weighted by atomic mass is 10.00. The van der Waals surface area contributed by atoms with Gasteiger partial charge in [-0.1, -0.05) is 0 Å². The highest BCUT2D eigenvalue weighted by molar-refractivity contribution is 6.18. The Morgan fingerprint density at radius 3 is 2.27 bits per heavy atom. The smallest absolute Gasteiger partial charge is 0.197 e. The topological polar surface area (TPSA) is 51.9 Å². The van der Waals surface area contributed by atoms with Crippen molar-refractivity contribution < 1.29 is 18.7 Å². The van der Waals surface area contributed by atoms with Crippen LogP contribution in [0.25, 0.3) is 17.0 Å². The number of carbonyl (C=O) groups excluding carboxylic acids is 1. The van der Waals surface area contributed by atoms with E-state index in [9.17, 15) is 4.79 Å². The molecule has 5 nitrogen and oxygen atoms in total. The van der Waals surface area contributed by atoms with Crippen LogP contribution in [-0.2, 0) is 0 Å². The molecule has 0 N–H and O–H groups in total. The molecule has 0 saturated carbocycles. The number of methoxy groups -OCH3 is 2. The lowest BCUT2D eigenvalue weighted by Gasteiger charge is -2.05. The number of ether oxygens (including phenoxy) is 2. The van der Waals surface area contributed by atoms with Crippen LogP contribution in [0.1, 0.15) is 21.7 Å². The van der Waals surface area contributed by atoms with Crippen molar-refractivity contribution in [3.05, 3.63) is 65.6 Å². The first-order valence-electron chi connectivity index (χ1n) is 8.17. The van der Waals surface area contributed by atoms with Gasteiger partial charge in [-0.25, -0.2) is 0 Å². The summed E-state index contributed by atoms with van der Waals surface area (Å²) in [6, 6.07) is 12.5. The van der Waals surface area contributed by atoms with Crippen molar-refractivity contribution in [2.75, 3.05) is 28.3 Å². The van der Waals surface area contributed by atoms with E-state index in [4.69, 9.17) is 13.9 Å². The van der Waals surface area contributed by atoms with E-state index >= 15 is 0 Å². The maximum atomic E-state index is 13.2. The third kappa shape index (κ3) is 3.42. The van der Waals surface area contributed by atoms with Crippen LogP contribution in [-0.4, -0.2) is 39.0 Å². The first-order valence-corrected chi connectivity index (χ1v) is 8.17. The highest BCUT2D eigenvalue weighted by Gasteiger charge is 2.21. The molecule has 0 atom stereocenters. The largest absolute Gasteiger partial charge is 0.497 e. The first-order chi connectivity index (χ1) is 12.5. The number of benzene rings is 2. The average Bonchev–Trinajstić information content (AvgIpc) is 3.03. The molecule has 2 aromatic carbocycles. The maximum absolute atomic E-state index is 13.2. The number of fused-ring (bicyclic) bond motifs is 1. The second-order valence-electron chi connectivity index (χ2n) is 6.04. The van der Waals surface area contributed by atoms with Gasteiger partial charge in [0.05, 0.1) is 19.8 Å². The van der Waals surface area contributed by atoms with Crippen LogP contribution in [0.3, 0.4) is 0 Å². The van der Waals surface area contributed by atoms with Crippen LogP contribution in [0.5, 0.6) is 11.5 Å². The van der Waals surface area contributed by atoms with Crippen LogP contribution in [0.15, 0.2) is 53.1 Å². The van der Waals surface area contributed by atoms with Gasteiger partial charge < -0.3 is 18.8 Å². The quantitative estimate of drug-likeness (QED) is 0.623. The summed E-state index contributed by atoms with van der Waals surface area (Å²) in [6.45, 7) is 0. The summed E-state index contributed by atoms with van der Waals surface area (Å²) >= 11 is 0. The summed E-state index contributed by atoms with van der Waals surface area (Å²) in [4.78, 5) is 15.1. The van der Waals surface area contributed by atoms with Crippen LogP contribution >= 0.6 is 0 Å². The van der Waals surface area contributed by atoms with E-state index in [1.165, 1.54) is 0 Å². The van der Waals surface area contributed by atoms with Crippen molar-refractivity contribution in [1.82, 2.24) is 4.90 Å². The molecule has 0 unspecified atom stereocenters. The normalized spacial score (nSPS) is 11.1. The molecule has 0 amide bonds. The minimum Gasteiger partial charge on any atom is -0.497 e. The predicted octanol–water partition coefficient (Wildman–Crippen LogP) is 4.21. The number of nitrogens with zero attached hydrogens (tertiary/aromatic N) is 1. The Balaban J connectivity index is 2.16. The van der Waals surface area contributed by atoms with Gasteiger partial charge in [-0.2, -0.15) is 0 Å². The molecule has 0 radical (unpaired) electrons. The summed E-state index contributed by atoms with van der Waals surface area (Å²) in [7, 11) is 7.01. The van der Waals surface area contributed by atoms with Crippen molar-refractivity contribution in [2.24, 2.45) is 0 Å². The predicted molar refractivity (Wildman–Crippen MR) is 102 cm³/mol. The fourth-order valence-electron chi connectivity index (χ4n) is 2.68. The summed E-state index contributed by atoms with van der Waals surface area (Å²) < 4.78 is 16.4. The standard InChI is InChI=1S/C21H21NO4/c1-22(2)12-11-19-20(17-13-16(25-4)9-10-18(17)26-19)21(23)14-5-7-15(24-3)8-6-14/h5-13H,1-4H3/b12-11-. The van der Waals surface area contributed by atoms with Gasteiger partial charge in [-0.15, -0.1) is 0 Å². The molecule has 0 fully saturated rings. The molecule has 134 valence electrons. The number of rotatable bonds is 6. The molecule has 3 rings (SSSR count). The van der Waals surface area contributed by atoms with E-state index in [2.05, 4.69) is 0 Å². The molecule has 0 bridgehead atoms. The molecule has 1 heterocycles. The molecule has 0 spiro atoms. The molecule has 3 aromatic rings. The van der Waals surface area contributed by atoms with Crippen molar-refractivity contribution in [2.45, 2.75) is 0 Å². The second kappa shape index (κ2) is 7.35. The minimum atomic E-state index is -0.113. The average molecular weight is 351 g/mol. The Morgan fingerprint density at radius 1 is 1.00 bits per heavy atom. The number of carbonyl (C=O) groups is 1. The van der Waals surface area contributed by atoms with Crippen LogP contribution in [0, 0.1) is 0 Å². The van der Waals surface area contributed by atoms with E-state index in [1.54, 1.807) is 44.6 Å². The fourth-order valence-corrected chi connectivity index (χ4v) is 2.68. The Kier molecular flexibility index (Phi) is 4.98. The summed E-state index contributed by atoms with van der Waals surface area (Å²) in [5.74, 6) is 1.78. The molecule has 0 aliphatic rings. The molecule has 0 aliphatic heterocycles. The number of hydrogen-bond donors (Lipinski definition) is 0. The van der Waals surface area contributed by atoms with Crippen molar-refractivity contribution >= 4 is 22.8 Å². The van der Waals surface area contributed by atoms with Gasteiger partial charge >= 0.3 is 0 Å². The van der Waals surface area contributed by atoms with E-state index in [0.29, 0.717) is 34.0 Å². The molecular weight excluding hydrogens is 330 g/mol. The second-order valence-corrected chi connectivity index (χ2v) is 6.04. The zero-order chi connectivity index (χ0) is 18.7. The fraction of sp³-hybridized carbons (Fsp3) is 0.190. The van der Waals surface area contributed by atoms with Crippen molar-refractivity contribution in [1.29, 1.82) is 0 Å². The molecule has 0 aliphatic carbocycles. The Labute approximate surface area is 152 Å². The van der Waals surface area contributed by atoms with Gasteiger partial charge in [0.15, 0.2) is 5.78 Å². The van der Waals surface area contributed by atoms with Crippen LogP contribution in [0.2, 0.25) is 0 Å². The summed E-state index contributed by atoms with van der Waals surface area (Å²) in [5.41, 5.74) is 1.72. The first kappa shape index (κ1) is 17.6. The highest BCUT2D eigenvalue weighted by atomic mass is 16.5. The minimum absolute atomic E-state index is 0.113. The Morgan fingerprint density at radius 2 is 1.65 bits per heavy atom. The molecule has 5 heteroatoms. The van der Waals surface area contributed by atoms with Crippen LogP contribution in [0.4, 0.5) is 0 Å². The van der Waals surface area contributed by atoms with E-state index in [1.807, 2.05) is 43.4 Å². The molecular formula is C21H21NO4. The summed E-state index contributed by atoms with van der Waals surface area (Å²) in [6.07, 6.45) is 3.64. The highest BCUT2D eigenvalue weighted by Crippen LogP contribution is 2.32. The lowest BCUT2D eigenvalue weighted by molar-refractivity contribution is 0.103. The van der Waals surface area contributed by atoms with Gasteiger partial charge in [0.25, 0.3) is 0 Å². The van der Waals surface area contributed by atoms with Gasteiger partial charge in [0, 0.05) is 31.2 Å². The monoisotopic (exact) mass is 351 g/mol. The van der Waals surface area contributed by atoms with Gasteiger partial charge in [0.1, 0.15) is 22.8 Å². The molecule has 26 heavy (non-hydrogen) atoms. The Hall–Kier alpha value is -3.21. The van der Waals surface area contributed by atoms with E-state index in [0.717, 1.165) is 5.39 Å². The molecule has 1 aromatic heterocycles. The third-order valence-corrected chi connectivity index (χ3v) is 4.03. The van der Waals surface area contributed by atoms with E-state index < -0.39 is 0 Å². The molecule has 0 saturated heterocycles. The SMILES string of the molecule is COc1ccc(C(=O)c2c(/C=C\N(C)C)oc3ccc(OC)cc23)cc1. The van der Waals surface area contributed by atoms with E-state index in [-0.39, 0.29) is 5.78 Å². The lowest BCUT2D eigenvalue weighted by Crippen LogP contribution is -2.03. The number of furan rings is 1. The summed E-state index contributed by atoms with van der Waals surface area (Å²) in [5, 5.41) is 0.726. The zero-order valence-electron chi connectivity index (χ0n) is 15.3.